The van der Waals surface area contributed by atoms with Crippen molar-refractivity contribution in [1.82, 2.24) is 20.1 Å². The van der Waals surface area contributed by atoms with Crippen molar-refractivity contribution in [1.29, 1.82) is 0 Å². The van der Waals surface area contributed by atoms with Crippen molar-refractivity contribution in [2.75, 3.05) is 6.54 Å². The van der Waals surface area contributed by atoms with Crippen LogP contribution in [0.2, 0.25) is 0 Å². The smallest absolute Gasteiger partial charge is 0.223 e. The number of aromatic nitrogens is 3. The zero-order valence-electron chi connectivity index (χ0n) is 12.6. The fourth-order valence-corrected chi connectivity index (χ4v) is 5.51. The van der Waals surface area contributed by atoms with Crippen molar-refractivity contribution in [2.45, 2.75) is 44.6 Å². The zero-order chi connectivity index (χ0) is 14.8. The van der Waals surface area contributed by atoms with Crippen molar-refractivity contribution in [3.05, 3.63) is 10.6 Å². The molecule has 0 radical (unpaired) electrons. The number of aromatic amines is 1. The zero-order valence-corrected chi connectivity index (χ0v) is 13.4. The van der Waals surface area contributed by atoms with Gasteiger partial charge in [-0.05, 0) is 68.0 Å². The third kappa shape index (κ3) is 1.92. The molecule has 22 heavy (non-hydrogen) atoms. The van der Waals surface area contributed by atoms with Crippen LogP contribution in [-0.2, 0) is 11.3 Å². The van der Waals surface area contributed by atoms with Crippen LogP contribution in [-0.4, -0.2) is 27.2 Å². The largest absolute Gasteiger partial charge is 0.354 e. The Kier molecular flexibility index (Phi) is 2.82. The van der Waals surface area contributed by atoms with E-state index in [1.165, 1.54) is 32.1 Å². The van der Waals surface area contributed by atoms with Gasteiger partial charge in [0.25, 0.3) is 0 Å². The van der Waals surface area contributed by atoms with Crippen molar-refractivity contribution < 1.29 is 4.79 Å². The number of carbonyl (C=O) groups excluding carboxylic acids is 1. The third-order valence-corrected chi connectivity index (χ3v) is 6.71. The first-order chi connectivity index (χ1) is 10.7. The van der Waals surface area contributed by atoms with Crippen LogP contribution in [0, 0.1) is 34.4 Å². The molecule has 4 saturated carbocycles. The molecule has 118 valence electrons. The lowest BCUT2D eigenvalue weighted by molar-refractivity contribution is -0.123. The highest BCUT2D eigenvalue weighted by molar-refractivity contribution is 7.71. The number of nitrogens with zero attached hydrogens (tertiary/aromatic N) is 2. The Balaban J connectivity index is 1.18. The lowest BCUT2D eigenvalue weighted by Crippen LogP contribution is -2.30. The number of carbonyl (C=O) groups is 1. The second kappa shape index (κ2) is 4.66. The Bertz CT molecular complexity index is 660. The second-order valence-electron chi connectivity index (χ2n) is 7.62. The van der Waals surface area contributed by atoms with Crippen LogP contribution in [0.3, 0.4) is 0 Å². The van der Waals surface area contributed by atoms with E-state index >= 15 is 0 Å². The van der Waals surface area contributed by atoms with E-state index in [1.807, 2.05) is 0 Å². The molecule has 0 aliphatic heterocycles. The van der Waals surface area contributed by atoms with E-state index in [0.717, 1.165) is 36.0 Å². The molecule has 4 atom stereocenters. The number of hydrogen-bond donors (Lipinski definition) is 2. The lowest BCUT2D eigenvalue weighted by atomic mass is 10.0. The summed E-state index contributed by atoms with van der Waals surface area (Å²) in [4.78, 5) is 12.4. The predicted octanol–water partition coefficient (Wildman–Crippen LogP) is 2.23. The average molecular weight is 318 g/mol. The summed E-state index contributed by atoms with van der Waals surface area (Å²) >= 11 is 5.30. The van der Waals surface area contributed by atoms with Crippen LogP contribution < -0.4 is 5.32 Å². The van der Waals surface area contributed by atoms with Gasteiger partial charge in [-0.1, -0.05) is 0 Å². The minimum atomic E-state index is 0.287. The van der Waals surface area contributed by atoms with Gasteiger partial charge in [-0.25, -0.2) is 0 Å². The Morgan fingerprint density at radius 2 is 2.00 bits per heavy atom. The summed E-state index contributed by atoms with van der Waals surface area (Å²) in [7, 11) is 0. The van der Waals surface area contributed by atoms with Crippen LogP contribution in [0.25, 0.3) is 0 Å². The monoisotopic (exact) mass is 318 g/mol. The highest BCUT2D eigenvalue weighted by Gasteiger charge is 2.67. The van der Waals surface area contributed by atoms with Gasteiger partial charge >= 0.3 is 0 Å². The Morgan fingerprint density at radius 1 is 1.27 bits per heavy atom. The van der Waals surface area contributed by atoms with Crippen LogP contribution in [0.5, 0.6) is 0 Å². The molecule has 4 aliphatic carbocycles. The molecule has 1 aromatic rings. The van der Waals surface area contributed by atoms with E-state index in [-0.39, 0.29) is 5.91 Å². The molecule has 0 saturated heterocycles. The molecule has 1 heterocycles. The predicted molar refractivity (Wildman–Crippen MR) is 83.7 cm³/mol. The van der Waals surface area contributed by atoms with Crippen molar-refractivity contribution in [3.8, 4) is 0 Å². The van der Waals surface area contributed by atoms with E-state index in [2.05, 4.69) is 20.1 Å². The topological polar surface area (TPSA) is 62.7 Å². The quantitative estimate of drug-likeness (QED) is 0.818. The molecule has 4 fully saturated rings. The van der Waals surface area contributed by atoms with E-state index in [9.17, 15) is 4.79 Å². The first-order valence-electron chi connectivity index (χ1n) is 8.67. The highest BCUT2D eigenvalue weighted by Crippen LogP contribution is 2.69. The van der Waals surface area contributed by atoms with E-state index < -0.39 is 0 Å². The molecule has 4 aliphatic rings. The summed E-state index contributed by atoms with van der Waals surface area (Å²) in [6, 6.07) is 0. The summed E-state index contributed by atoms with van der Waals surface area (Å²) in [5.74, 6) is 5.40. The highest BCUT2D eigenvalue weighted by atomic mass is 32.1. The average Bonchev–Trinajstić information content (AvgIpc) is 3.39. The molecule has 0 aromatic carbocycles. The minimum Gasteiger partial charge on any atom is -0.354 e. The third-order valence-electron chi connectivity index (χ3n) is 6.40. The van der Waals surface area contributed by atoms with Crippen LogP contribution >= 0.6 is 12.2 Å². The molecule has 1 aromatic heterocycles. The lowest BCUT2D eigenvalue weighted by Gasteiger charge is -2.10. The molecular weight excluding hydrogens is 296 g/mol. The molecule has 5 rings (SSSR count). The first kappa shape index (κ1) is 13.3. The molecule has 1 amide bonds. The summed E-state index contributed by atoms with van der Waals surface area (Å²) in [5, 5.41) is 10.4. The molecule has 0 spiro atoms. The minimum absolute atomic E-state index is 0.287. The van der Waals surface area contributed by atoms with Gasteiger partial charge in [-0.3, -0.25) is 9.89 Å². The van der Waals surface area contributed by atoms with Gasteiger partial charge < -0.3 is 9.88 Å². The van der Waals surface area contributed by atoms with Crippen molar-refractivity contribution in [3.63, 3.8) is 0 Å². The van der Waals surface area contributed by atoms with Gasteiger partial charge in [-0.15, -0.1) is 0 Å². The number of H-pyrrole nitrogens is 1. The van der Waals surface area contributed by atoms with Crippen molar-refractivity contribution >= 4 is 18.1 Å². The molecule has 2 N–H and O–H groups in total. The number of nitrogens with one attached hydrogen (secondary N) is 2. The van der Waals surface area contributed by atoms with E-state index in [0.29, 0.717) is 23.2 Å². The number of rotatable bonds is 5. The van der Waals surface area contributed by atoms with Crippen LogP contribution in [0.4, 0.5) is 0 Å². The number of hydrogen-bond acceptors (Lipinski definition) is 3. The van der Waals surface area contributed by atoms with Crippen LogP contribution in [0.15, 0.2) is 0 Å². The first-order valence-corrected chi connectivity index (χ1v) is 9.07. The Morgan fingerprint density at radius 3 is 2.68 bits per heavy atom. The summed E-state index contributed by atoms with van der Waals surface area (Å²) in [5.41, 5.74) is 0. The number of amides is 1. The molecule has 2 bridgehead atoms. The molecule has 6 heteroatoms. The molecule has 0 unspecified atom stereocenters. The maximum absolute atomic E-state index is 12.4. The van der Waals surface area contributed by atoms with Gasteiger partial charge in [0.1, 0.15) is 5.82 Å². The summed E-state index contributed by atoms with van der Waals surface area (Å²) in [6.07, 6.45) is 6.55. The standard InChI is InChI=1S/C16H22N4OS/c21-15(13-11-9-3-4-10(7-9)12(11)13)17-5-6-20-14(8-1-2-8)18-19-16(20)22/h8-13H,1-7H2,(H,17,21)(H,19,22)/t9-,10-,11+,12+/m0/s1. The maximum atomic E-state index is 12.4. The normalized spacial score (nSPS) is 38.1. The van der Waals surface area contributed by atoms with Gasteiger partial charge in [0, 0.05) is 24.9 Å². The second-order valence-corrected chi connectivity index (χ2v) is 8.00. The fraction of sp³-hybridized carbons (Fsp3) is 0.812. The molecule has 5 nitrogen and oxygen atoms in total. The molecular formula is C16H22N4OS. The maximum Gasteiger partial charge on any atom is 0.223 e. The summed E-state index contributed by atoms with van der Waals surface area (Å²) < 4.78 is 2.74. The van der Waals surface area contributed by atoms with Crippen molar-refractivity contribution in [2.24, 2.45) is 29.6 Å². The number of fused-ring (bicyclic) bond motifs is 5. The van der Waals surface area contributed by atoms with Gasteiger partial charge in [0.2, 0.25) is 5.91 Å². The Hall–Kier alpha value is -1.17. The van der Waals surface area contributed by atoms with Gasteiger partial charge in [0.15, 0.2) is 4.77 Å². The summed E-state index contributed by atoms with van der Waals surface area (Å²) in [6.45, 7) is 1.40. The Labute approximate surface area is 134 Å². The fourth-order valence-electron chi connectivity index (χ4n) is 5.28. The van der Waals surface area contributed by atoms with Gasteiger partial charge in [-0.2, -0.15) is 5.10 Å². The SMILES string of the molecule is O=C(NCCn1c(C2CC2)n[nH]c1=S)C1[C@@H]2[C@H]3CC[C@@H](C3)[C@@H]12. The van der Waals surface area contributed by atoms with Crippen LogP contribution in [0.1, 0.15) is 43.8 Å². The van der Waals surface area contributed by atoms with E-state index in [4.69, 9.17) is 12.2 Å². The van der Waals surface area contributed by atoms with Gasteiger partial charge in [0.05, 0.1) is 0 Å². The van der Waals surface area contributed by atoms with E-state index in [1.54, 1.807) is 0 Å².